The average Bonchev–Trinajstić information content (AvgIpc) is 2.84. The lowest BCUT2D eigenvalue weighted by atomic mass is 10.1. The molecule has 11 heteroatoms. The molecule has 148 valence electrons. The summed E-state index contributed by atoms with van der Waals surface area (Å²) in [5.74, 6) is 0. The fraction of sp³-hybridized carbons (Fsp3) is 0.467. The maximum absolute atomic E-state index is 13.2. The molecule has 0 aliphatic rings. The second-order valence-corrected chi connectivity index (χ2v) is 8.67. The molecule has 0 aliphatic heterocycles. The van der Waals surface area contributed by atoms with Gasteiger partial charge in [0.05, 0.1) is 10.5 Å². The molecule has 0 fully saturated rings. The molecule has 2 rings (SSSR count). The zero-order chi connectivity index (χ0) is 20.2. The van der Waals surface area contributed by atoms with Crippen molar-refractivity contribution in [3.05, 3.63) is 35.2 Å². The number of rotatable bonds is 4. The minimum Gasteiger partial charge on any atom is -0.741 e. The number of alkyl halides is 6. The lowest BCUT2D eigenvalue weighted by Gasteiger charge is -2.08. The van der Waals surface area contributed by atoms with Gasteiger partial charge in [-0.05, 0) is 18.6 Å². The summed E-state index contributed by atoms with van der Waals surface area (Å²) in [7, 11) is -7.79. The van der Waals surface area contributed by atoms with Gasteiger partial charge in [0.15, 0.2) is 19.7 Å². The summed E-state index contributed by atoms with van der Waals surface area (Å²) in [6.07, 6.45) is 3.42. The first-order valence-corrected chi connectivity index (χ1v) is 10.0. The number of unbranched alkanes of at least 4 members (excludes halogenated alkanes) is 2. The van der Waals surface area contributed by atoms with Crippen LogP contribution in [0.4, 0.5) is 26.3 Å². The van der Waals surface area contributed by atoms with Gasteiger partial charge in [0.25, 0.3) is 0 Å². The molecule has 1 atom stereocenters. The second-order valence-electron chi connectivity index (χ2n) is 5.26. The number of aryl methyl sites for hydroxylation is 1. The summed E-state index contributed by atoms with van der Waals surface area (Å²) in [4.78, 5) is 0.553. The molecule has 1 aromatic heterocycles. The molecule has 0 amide bonds. The molecule has 0 aliphatic carbocycles. The number of halogens is 6. The molecule has 0 saturated heterocycles. The smallest absolute Gasteiger partial charge is 0.600 e. The van der Waals surface area contributed by atoms with Gasteiger partial charge in [-0.3, -0.25) is 0 Å². The van der Waals surface area contributed by atoms with E-state index in [1.165, 1.54) is 0 Å². The SMILES string of the molecule is CCCCCc1cc2ccccc2[s+]1C(F)(F)F.O=S(=O)([O-])C(F)(F)F. The van der Waals surface area contributed by atoms with Gasteiger partial charge in [0.1, 0.15) is 0 Å². The largest absolute Gasteiger partial charge is 0.741 e. The highest BCUT2D eigenvalue weighted by molar-refractivity contribution is 7.86. The summed E-state index contributed by atoms with van der Waals surface area (Å²) < 4.78 is 98.9. The van der Waals surface area contributed by atoms with Crippen molar-refractivity contribution >= 4 is 30.7 Å². The first-order valence-electron chi connectivity index (χ1n) is 7.42. The van der Waals surface area contributed by atoms with Gasteiger partial charge in [-0.1, -0.05) is 31.9 Å². The van der Waals surface area contributed by atoms with Crippen molar-refractivity contribution in [2.45, 2.75) is 43.6 Å². The van der Waals surface area contributed by atoms with Gasteiger partial charge in [-0.25, -0.2) is 8.42 Å². The van der Waals surface area contributed by atoms with Crippen LogP contribution in [0.15, 0.2) is 30.3 Å². The standard InChI is InChI=1S/C14H16F3S.CHF3O3S/c1-2-3-4-8-12-10-11-7-5-6-9-13(11)18(12)14(15,16)17;2-1(3,4)8(5,6)7/h5-7,9-10H,2-4,8H2,1H3;(H,5,6,7)/q+1;/p-1. The van der Waals surface area contributed by atoms with Crippen molar-refractivity contribution in [1.82, 2.24) is 0 Å². The molecule has 26 heavy (non-hydrogen) atoms. The molecule has 1 unspecified atom stereocenters. The van der Waals surface area contributed by atoms with Crippen LogP contribution >= 0.6 is 10.5 Å². The molecule has 0 spiro atoms. The van der Waals surface area contributed by atoms with Gasteiger partial charge in [-0.15, -0.1) is 13.2 Å². The van der Waals surface area contributed by atoms with Crippen molar-refractivity contribution in [3.63, 3.8) is 0 Å². The van der Waals surface area contributed by atoms with Crippen molar-refractivity contribution < 1.29 is 39.3 Å². The van der Waals surface area contributed by atoms with E-state index in [9.17, 15) is 26.3 Å². The molecule has 1 aromatic carbocycles. The third kappa shape index (κ3) is 6.13. The average molecular weight is 422 g/mol. The Morgan fingerprint density at radius 3 is 2.04 bits per heavy atom. The topological polar surface area (TPSA) is 57.2 Å². The first-order chi connectivity index (χ1) is 11.8. The molecule has 3 nitrogen and oxygen atoms in total. The highest BCUT2D eigenvalue weighted by Crippen LogP contribution is 2.51. The summed E-state index contributed by atoms with van der Waals surface area (Å²) in [5.41, 5.74) is -9.79. The van der Waals surface area contributed by atoms with E-state index in [-0.39, 0.29) is 0 Å². The molecule has 0 radical (unpaired) electrons. The number of hydrogen-bond acceptors (Lipinski definition) is 3. The van der Waals surface area contributed by atoms with E-state index in [1.54, 1.807) is 30.3 Å². The molecular formula is C15H16F6O3S2. The van der Waals surface area contributed by atoms with Crippen molar-refractivity contribution in [1.29, 1.82) is 0 Å². The Labute approximate surface area is 149 Å². The van der Waals surface area contributed by atoms with Crippen molar-refractivity contribution in [2.24, 2.45) is 0 Å². The van der Waals surface area contributed by atoms with Gasteiger partial charge >= 0.3 is 11.0 Å². The van der Waals surface area contributed by atoms with Crippen LogP contribution in [-0.4, -0.2) is 18.5 Å². The van der Waals surface area contributed by atoms with E-state index < -0.39 is 31.6 Å². The summed E-state index contributed by atoms with van der Waals surface area (Å²) >= 11 is 0. The van der Waals surface area contributed by atoms with Crippen LogP contribution in [0.1, 0.15) is 31.1 Å². The number of fused-ring (bicyclic) bond motifs is 1. The predicted molar refractivity (Wildman–Crippen MR) is 86.7 cm³/mol. The number of thiophene rings is 1. The van der Waals surface area contributed by atoms with Gasteiger partial charge < -0.3 is 4.55 Å². The highest BCUT2D eigenvalue weighted by Gasteiger charge is 2.47. The monoisotopic (exact) mass is 422 g/mol. The van der Waals surface area contributed by atoms with E-state index in [0.717, 1.165) is 24.6 Å². The van der Waals surface area contributed by atoms with E-state index in [0.29, 0.717) is 16.0 Å². The Balaban J connectivity index is 0.000000359. The zero-order valence-electron chi connectivity index (χ0n) is 13.5. The number of benzene rings is 1. The highest BCUT2D eigenvalue weighted by atomic mass is 32.2. The Morgan fingerprint density at radius 1 is 1.04 bits per heavy atom. The third-order valence-electron chi connectivity index (χ3n) is 3.26. The van der Waals surface area contributed by atoms with Crippen LogP contribution in [0.25, 0.3) is 10.1 Å². The van der Waals surface area contributed by atoms with Crippen LogP contribution in [0.2, 0.25) is 0 Å². The Kier molecular flexibility index (Phi) is 7.49. The fourth-order valence-electron chi connectivity index (χ4n) is 2.16. The molecule has 1 heterocycles. The lowest BCUT2D eigenvalue weighted by Crippen LogP contribution is -2.21. The minimum atomic E-state index is -6.09. The maximum atomic E-state index is 13.2. The minimum absolute atomic E-state index is 0.441. The summed E-state index contributed by atoms with van der Waals surface area (Å²) in [6, 6.07) is 8.60. The van der Waals surface area contributed by atoms with E-state index in [4.69, 9.17) is 13.0 Å². The molecule has 0 saturated carbocycles. The lowest BCUT2D eigenvalue weighted by molar-refractivity contribution is -0.0867. The zero-order valence-corrected chi connectivity index (χ0v) is 15.2. The van der Waals surface area contributed by atoms with Crippen LogP contribution in [0, 0.1) is 0 Å². The summed E-state index contributed by atoms with van der Waals surface area (Å²) in [5, 5.41) is 0.740. The van der Waals surface area contributed by atoms with Crippen LogP contribution in [0.5, 0.6) is 0 Å². The molecule has 2 aromatic rings. The number of hydrogen-bond donors (Lipinski definition) is 0. The Hall–Kier alpha value is -1.33. The van der Waals surface area contributed by atoms with Crippen molar-refractivity contribution in [2.75, 3.05) is 0 Å². The quantitative estimate of drug-likeness (QED) is 0.204. The van der Waals surface area contributed by atoms with Crippen LogP contribution < -0.4 is 0 Å². The Bertz CT molecular complexity index is 822. The van der Waals surface area contributed by atoms with E-state index in [2.05, 4.69) is 6.92 Å². The van der Waals surface area contributed by atoms with Crippen LogP contribution in [0.3, 0.4) is 0 Å². The Morgan fingerprint density at radius 2 is 1.58 bits per heavy atom. The van der Waals surface area contributed by atoms with Crippen molar-refractivity contribution in [3.8, 4) is 0 Å². The fourth-order valence-corrected chi connectivity index (χ4v) is 4.16. The van der Waals surface area contributed by atoms with E-state index in [1.807, 2.05) is 0 Å². The van der Waals surface area contributed by atoms with Gasteiger partial charge in [0, 0.05) is 17.9 Å². The second kappa shape index (κ2) is 8.57. The molecule has 0 bridgehead atoms. The predicted octanol–water partition coefficient (Wildman–Crippen LogP) is 5.85. The normalized spacial score (nSPS) is 13.5. The van der Waals surface area contributed by atoms with Gasteiger partial charge in [-0.2, -0.15) is 13.2 Å². The van der Waals surface area contributed by atoms with Crippen LogP contribution in [-0.2, 0) is 22.0 Å². The maximum Gasteiger partial charge on any atom is 0.600 e. The van der Waals surface area contributed by atoms with E-state index >= 15 is 0 Å². The first kappa shape index (κ1) is 22.7. The van der Waals surface area contributed by atoms with Gasteiger partial charge in [0.2, 0.25) is 0 Å². The molecule has 0 N–H and O–H groups in total. The molecular weight excluding hydrogens is 406 g/mol. The third-order valence-corrected chi connectivity index (χ3v) is 5.95. The summed E-state index contributed by atoms with van der Waals surface area (Å²) in [6.45, 7) is 2.06.